The second kappa shape index (κ2) is 14.8. The Balaban J connectivity index is 0.000000906. The topological polar surface area (TPSA) is 174 Å². The molecule has 2 aromatic carbocycles. The number of benzene rings is 2. The molecule has 0 aliphatic rings. The molecule has 0 heterocycles. The third-order valence-corrected chi connectivity index (χ3v) is 2.91. The fraction of sp³-hybridized carbons (Fsp3) is 0.176. The van der Waals surface area contributed by atoms with E-state index in [9.17, 15) is 10.2 Å². The number of hydrogen-bond acceptors (Lipinski definition) is 9. The van der Waals surface area contributed by atoms with Gasteiger partial charge in [0.1, 0.15) is 11.5 Å². The van der Waals surface area contributed by atoms with Crippen LogP contribution in [0.5, 0.6) is 11.5 Å². The normalized spacial score (nSPS) is 10.9. The molecule has 0 atom stereocenters. The number of rotatable bonds is 6. The Morgan fingerprint density at radius 3 is 1.43 bits per heavy atom. The van der Waals surface area contributed by atoms with Crippen molar-refractivity contribution in [3.63, 3.8) is 0 Å². The van der Waals surface area contributed by atoms with Crippen LogP contribution in [0.3, 0.4) is 0 Å². The van der Waals surface area contributed by atoms with Gasteiger partial charge in [0.25, 0.3) is 0 Å². The van der Waals surface area contributed by atoms with Crippen LogP contribution in [-0.4, -0.2) is 35.7 Å². The zero-order valence-electron chi connectivity index (χ0n) is 14.5. The average molecular weight is 450 g/mol. The van der Waals surface area contributed by atoms with Crippen LogP contribution in [0.1, 0.15) is 17.5 Å². The first-order chi connectivity index (χ1) is 13.3. The van der Waals surface area contributed by atoms with Crippen LogP contribution in [0.15, 0.2) is 58.5 Å². The summed E-state index contributed by atoms with van der Waals surface area (Å²) in [6.07, 6.45) is 4.15. The van der Waals surface area contributed by atoms with E-state index in [1.54, 1.807) is 36.7 Å². The van der Waals surface area contributed by atoms with Crippen LogP contribution < -0.4 is 18.6 Å². The first-order valence-electron chi connectivity index (χ1n) is 7.61. The molecule has 0 radical (unpaired) electrons. The van der Waals surface area contributed by atoms with E-state index in [1.807, 2.05) is 24.3 Å². The van der Waals surface area contributed by atoms with E-state index in [0.29, 0.717) is 13.1 Å². The summed E-state index contributed by atoms with van der Waals surface area (Å²) in [5.41, 5.74) is 1.44. The summed E-state index contributed by atoms with van der Waals surface area (Å²) < 4.78 is 42.1. The maximum atomic E-state index is 9.56. The molecule has 0 fully saturated rings. The Morgan fingerprint density at radius 1 is 0.786 bits per heavy atom. The van der Waals surface area contributed by atoms with E-state index in [4.69, 9.17) is 22.4 Å². The van der Waals surface area contributed by atoms with Gasteiger partial charge in [0.15, 0.2) is 0 Å². The van der Waals surface area contributed by atoms with Crippen molar-refractivity contribution in [2.75, 3.05) is 13.1 Å². The van der Waals surface area contributed by atoms with Gasteiger partial charge in [0.05, 0.1) is 0 Å². The zero-order chi connectivity index (χ0) is 21.4. The van der Waals surface area contributed by atoms with Crippen LogP contribution in [-0.2, 0) is 20.0 Å². The summed E-state index contributed by atoms with van der Waals surface area (Å²) in [6.45, 7) is 1.29. The molecule has 0 aliphatic heterocycles. The number of phenolic OH excluding ortho intramolecular Hbond substituents is 2. The second-order valence-corrected chi connectivity index (χ2v) is 5.68. The van der Waals surface area contributed by atoms with Crippen molar-refractivity contribution >= 4 is 12.4 Å². The molecular weight excluding hydrogens is 432 g/mol. The Labute approximate surface area is 172 Å². The predicted octanol–water partition coefficient (Wildman–Crippen LogP) is -1.85. The van der Waals surface area contributed by atoms with Gasteiger partial charge in [0.2, 0.25) is 0 Å². The molecule has 0 saturated carbocycles. The number of hydrogen-bond donors (Lipinski definition) is 2. The molecule has 0 saturated heterocycles. The molecule has 0 aliphatic carbocycles. The van der Waals surface area contributed by atoms with Gasteiger partial charge in [-0.2, -0.15) is 0 Å². The van der Waals surface area contributed by atoms with Crippen molar-refractivity contribution in [3.8, 4) is 11.5 Å². The fourth-order valence-corrected chi connectivity index (χ4v) is 1.77. The van der Waals surface area contributed by atoms with Crippen LogP contribution in [0.4, 0.5) is 0 Å². The number of nitrogens with zero attached hydrogens (tertiary/aromatic N) is 2. The van der Waals surface area contributed by atoms with Gasteiger partial charge in [0, 0.05) is 36.6 Å². The van der Waals surface area contributed by atoms with Crippen molar-refractivity contribution in [1.29, 1.82) is 0 Å². The van der Waals surface area contributed by atoms with Crippen molar-refractivity contribution in [2.24, 2.45) is 9.98 Å². The standard InChI is InChI=1S/C17H18N2O2.ClHO4.Cr.O/c20-16-8-3-1-6-14(16)12-18-10-5-11-19-13-15-7-2-4-9-17(15)21;2-1(3,4)5;;/h1-4,6-9,12-13,20-21H,5,10-11H2;(H,2,3,4,5);;/p-1. The monoisotopic (exact) mass is 449 g/mol. The van der Waals surface area contributed by atoms with E-state index in [0.717, 1.165) is 17.5 Å². The van der Waals surface area contributed by atoms with Gasteiger partial charge in [-0.1, -0.05) is 24.3 Å². The Kier molecular flexibility index (Phi) is 13.7. The fourth-order valence-electron chi connectivity index (χ4n) is 1.77. The Bertz CT molecular complexity index is 693. The number of aromatic hydroxyl groups is 2. The van der Waals surface area contributed by atoms with Crippen molar-refractivity contribution < 1.29 is 59.1 Å². The summed E-state index contributed by atoms with van der Waals surface area (Å²) >= 11 is 1.38. The molecule has 11 heteroatoms. The molecule has 152 valence electrons. The van der Waals surface area contributed by atoms with Gasteiger partial charge < -0.3 is 10.2 Å². The van der Waals surface area contributed by atoms with E-state index < -0.39 is 10.2 Å². The van der Waals surface area contributed by atoms with Gasteiger partial charge >= 0.3 is 20.0 Å². The average Bonchev–Trinajstić information content (AvgIpc) is 2.64. The molecule has 0 bridgehead atoms. The minimum atomic E-state index is -4.94. The molecule has 0 aromatic heterocycles. The SMILES string of the molecule is Oc1ccccc1C=NCCCN=Cc1ccccc1O.[O-][Cl+3]([O-])([O-])[O-].[O]=[Cr]. The molecule has 2 N–H and O–H groups in total. The van der Waals surface area contributed by atoms with Gasteiger partial charge in [-0.15, -0.1) is 10.2 Å². The van der Waals surface area contributed by atoms with Crippen LogP contribution in [0, 0.1) is 10.2 Å². The first kappa shape index (κ1) is 25.8. The van der Waals surface area contributed by atoms with Crippen LogP contribution in [0.25, 0.3) is 0 Å². The zero-order valence-corrected chi connectivity index (χ0v) is 16.5. The second-order valence-electron chi connectivity index (χ2n) is 4.92. The van der Waals surface area contributed by atoms with Crippen LogP contribution >= 0.6 is 0 Å². The Morgan fingerprint density at radius 2 is 1.11 bits per heavy atom. The molecule has 0 unspecified atom stereocenters. The van der Waals surface area contributed by atoms with Crippen molar-refractivity contribution in [2.45, 2.75) is 6.42 Å². The van der Waals surface area contributed by atoms with E-state index in [-0.39, 0.29) is 11.5 Å². The van der Waals surface area contributed by atoms with Crippen molar-refractivity contribution in [1.82, 2.24) is 0 Å². The van der Waals surface area contributed by atoms with Gasteiger partial charge in [-0.3, -0.25) is 9.98 Å². The number of aliphatic imine (C=N–C) groups is 2. The van der Waals surface area contributed by atoms with Crippen LogP contribution in [0.2, 0.25) is 0 Å². The molecule has 2 aromatic rings. The molecule has 28 heavy (non-hydrogen) atoms. The summed E-state index contributed by atoms with van der Waals surface area (Å²) in [5, 5.41) is 19.1. The van der Waals surface area contributed by atoms with E-state index in [2.05, 4.69) is 9.98 Å². The number of para-hydroxylation sites is 2. The summed E-state index contributed by atoms with van der Waals surface area (Å²) in [7, 11) is -4.94. The molecule has 2 rings (SSSR count). The number of phenols is 2. The first-order valence-corrected chi connectivity index (χ1v) is 9.37. The molecule has 0 amide bonds. The Hall–Kier alpha value is -2.16. The quantitative estimate of drug-likeness (QED) is 0.384. The number of halogens is 1. The minimum absolute atomic E-state index is 0.235. The van der Waals surface area contributed by atoms with Gasteiger partial charge in [-0.25, -0.2) is 18.6 Å². The van der Waals surface area contributed by atoms with E-state index in [1.165, 1.54) is 16.2 Å². The molecule has 0 spiro atoms. The van der Waals surface area contributed by atoms with Gasteiger partial charge in [-0.05, 0) is 30.7 Å². The summed E-state index contributed by atoms with van der Waals surface area (Å²) in [6, 6.07) is 14.2. The molecular formula is C17H18ClCrN2O7-. The maximum absolute atomic E-state index is 9.56. The van der Waals surface area contributed by atoms with E-state index >= 15 is 0 Å². The third-order valence-electron chi connectivity index (χ3n) is 2.91. The molecule has 9 nitrogen and oxygen atoms in total. The third kappa shape index (κ3) is 14.0. The predicted molar refractivity (Wildman–Crippen MR) is 86.4 cm³/mol. The van der Waals surface area contributed by atoms with Crippen molar-refractivity contribution in [3.05, 3.63) is 59.7 Å². The summed E-state index contributed by atoms with van der Waals surface area (Å²) in [4.78, 5) is 8.51. The summed E-state index contributed by atoms with van der Waals surface area (Å²) in [5.74, 6) is 0.470.